The average molecular weight is 297 g/mol. The number of nitro benzene ring substituents is 1. The fourth-order valence-corrected chi connectivity index (χ4v) is 1.92. The summed E-state index contributed by atoms with van der Waals surface area (Å²) in [5, 5.41) is 10.6. The van der Waals surface area contributed by atoms with Gasteiger partial charge < -0.3 is 4.74 Å². The van der Waals surface area contributed by atoms with Crippen molar-refractivity contribution in [3.63, 3.8) is 0 Å². The van der Waals surface area contributed by atoms with Crippen LogP contribution in [0, 0.1) is 10.1 Å². The number of para-hydroxylation sites is 1. The zero-order valence-corrected chi connectivity index (χ0v) is 12.1. The average Bonchev–Trinajstić information content (AvgIpc) is 2.54. The van der Waals surface area contributed by atoms with Gasteiger partial charge in [0.25, 0.3) is 5.69 Å². The van der Waals surface area contributed by atoms with Crippen molar-refractivity contribution in [2.75, 3.05) is 6.61 Å². The smallest absolute Gasteiger partial charge is 0.269 e. The van der Waals surface area contributed by atoms with Gasteiger partial charge in [-0.1, -0.05) is 18.2 Å². The number of rotatable bonds is 6. The van der Waals surface area contributed by atoms with E-state index in [1.54, 1.807) is 36.4 Å². The maximum absolute atomic E-state index is 12.2. The Balaban J connectivity index is 2.16. The SMILES string of the molecule is CCOc1ccccc1C(=O)/C=C/c1ccc([N+](=O)[O-])cc1. The van der Waals surface area contributed by atoms with E-state index in [0.717, 1.165) is 0 Å². The molecule has 2 rings (SSSR count). The topological polar surface area (TPSA) is 69.4 Å². The van der Waals surface area contributed by atoms with E-state index < -0.39 is 4.92 Å². The van der Waals surface area contributed by atoms with E-state index >= 15 is 0 Å². The third kappa shape index (κ3) is 3.79. The number of carbonyl (C=O) groups is 1. The minimum absolute atomic E-state index is 0.0187. The van der Waals surface area contributed by atoms with Gasteiger partial charge in [-0.2, -0.15) is 0 Å². The lowest BCUT2D eigenvalue weighted by molar-refractivity contribution is -0.384. The number of benzene rings is 2. The molecular weight excluding hydrogens is 282 g/mol. The molecule has 0 saturated heterocycles. The highest BCUT2D eigenvalue weighted by Crippen LogP contribution is 2.19. The molecular formula is C17H15NO4. The minimum Gasteiger partial charge on any atom is -0.493 e. The van der Waals surface area contributed by atoms with E-state index in [2.05, 4.69) is 0 Å². The first-order chi connectivity index (χ1) is 10.6. The van der Waals surface area contributed by atoms with Crippen LogP contribution in [0.5, 0.6) is 5.75 Å². The van der Waals surface area contributed by atoms with Crippen LogP contribution in [0.15, 0.2) is 54.6 Å². The molecule has 0 amide bonds. The van der Waals surface area contributed by atoms with Crippen molar-refractivity contribution in [2.45, 2.75) is 6.92 Å². The van der Waals surface area contributed by atoms with Gasteiger partial charge in [0.05, 0.1) is 17.1 Å². The summed E-state index contributed by atoms with van der Waals surface area (Å²) in [4.78, 5) is 22.3. The molecule has 0 radical (unpaired) electrons. The predicted octanol–water partition coefficient (Wildman–Crippen LogP) is 3.89. The van der Waals surface area contributed by atoms with Gasteiger partial charge in [-0.25, -0.2) is 0 Å². The first-order valence-electron chi connectivity index (χ1n) is 6.80. The van der Waals surface area contributed by atoms with Gasteiger partial charge in [-0.3, -0.25) is 14.9 Å². The van der Waals surface area contributed by atoms with Gasteiger partial charge in [0.1, 0.15) is 5.75 Å². The molecule has 5 nitrogen and oxygen atoms in total. The summed E-state index contributed by atoms with van der Waals surface area (Å²) in [5.74, 6) is 0.366. The number of nitro groups is 1. The van der Waals surface area contributed by atoms with Gasteiger partial charge in [-0.15, -0.1) is 0 Å². The van der Waals surface area contributed by atoms with Crippen molar-refractivity contribution in [1.82, 2.24) is 0 Å². The predicted molar refractivity (Wildman–Crippen MR) is 84.1 cm³/mol. The fourth-order valence-electron chi connectivity index (χ4n) is 1.92. The van der Waals surface area contributed by atoms with Crippen LogP contribution < -0.4 is 4.74 Å². The van der Waals surface area contributed by atoms with Gasteiger partial charge in [0.2, 0.25) is 0 Å². The number of ketones is 1. The number of ether oxygens (including phenoxy) is 1. The van der Waals surface area contributed by atoms with E-state index in [-0.39, 0.29) is 11.5 Å². The Labute approximate surface area is 128 Å². The van der Waals surface area contributed by atoms with Gasteiger partial charge in [0.15, 0.2) is 5.78 Å². The van der Waals surface area contributed by atoms with E-state index in [0.29, 0.717) is 23.5 Å². The highest BCUT2D eigenvalue weighted by molar-refractivity contribution is 6.08. The normalized spacial score (nSPS) is 10.6. The molecule has 0 heterocycles. The van der Waals surface area contributed by atoms with Crippen LogP contribution in [0.3, 0.4) is 0 Å². The molecule has 0 atom stereocenters. The maximum atomic E-state index is 12.2. The molecule has 5 heteroatoms. The van der Waals surface area contributed by atoms with E-state index in [1.165, 1.54) is 18.2 Å². The zero-order chi connectivity index (χ0) is 15.9. The first-order valence-corrected chi connectivity index (χ1v) is 6.80. The molecule has 0 aliphatic carbocycles. The standard InChI is InChI=1S/C17H15NO4/c1-2-22-17-6-4-3-5-15(17)16(19)12-9-13-7-10-14(11-8-13)18(20)21/h3-12H,2H2,1H3/b12-9+. The molecule has 0 aromatic heterocycles. The fraction of sp³-hybridized carbons (Fsp3) is 0.118. The van der Waals surface area contributed by atoms with Crippen molar-refractivity contribution < 1.29 is 14.5 Å². The Bertz CT molecular complexity index is 705. The molecule has 0 unspecified atom stereocenters. The van der Waals surface area contributed by atoms with Crippen molar-refractivity contribution in [1.29, 1.82) is 0 Å². The van der Waals surface area contributed by atoms with E-state index in [9.17, 15) is 14.9 Å². The Morgan fingerprint density at radius 3 is 2.50 bits per heavy atom. The van der Waals surface area contributed by atoms with Crippen LogP contribution in [-0.4, -0.2) is 17.3 Å². The molecule has 0 spiro atoms. The third-order valence-corrected chi connectivity index (χ3v) is 2.98. The molecule has 0 aliphatic rings. The Hall–Kier alpha value is -2.95. The largest absolute Gasteiger partial charge is 0.493 e. The first kappa shape index (κ1) is 15.4. The van der Waals surface area contributed by atoms with Gasteiger partial charge in [0, 0.05) is 12.1 Å². The van der Waals surface area contributed by atoms with Gasteiger partial charge in [-0.05, 0) is 42.8 Å². The lowest BCUT2D eigenvalue weighted by atomic mass is 10.1. The summed E-state index contributed by atoms with van der Waals surface area (Å²) >= 11 is 0. The van der Waals surface area contributed by atoms with Crippen molar-refractivity contribution >= 4 is 17.5 Å². The summed E-state index contributed by atoms with van der Waals surface area (Å²) in [5.41, 5.74) is 1.22. The molecule has 0 fully saturated rings. The second-order valence-corrected chi connectivity index (χ2v) is 4.48. The van der Waals surface area contributed by atoms with E-state index in [1.807, 2.05) is 13.0 Å². The van der Waals surface area contributed by atoms with Crippen molar-refractivity contribution in [3.8, 4) is 5.75 Å². The summed E-state index contributed by atoms with van der Waals surface area (Å²) < 4.78 is 5.42. The summed E-state index contributed by atoms with van der Waals surface area (Å²) in [6.45, 7) is 2.34. The number of carbonyl (C=O) groups excluding carboxylic acids is 1. The number of hydrogen-bond donors (Lipinski definition) is 0. The molecule has 2 aromatic carbocycles. The van der Waals surface area contributed by atoms with Crippen LogP contribution in [0.25, 0.3) is 6.08 Å². The van der Waals surface area contributed by atoms with Crippen LogP contribution >= 0.6 is 0 Å². The lowest BCUT2D eigenvalue weighted by Crippen LogP contribution is -2.01. The quantitative estimate of drug-likeness (QED) is 0.351. The second kappa shape index (κ2) is 7.17. The summed E-state index contributed by atoms with van der Waals surface area (Å²) in [6, 6.07) is 13.0. The number of hydrogen-bond acceptors (Lipinski definition) is 4. The highest BCUT2D eigenvalue weighted by atomic mass is 16.6. The second-order valence-electron chi connectivity index (χ2n) is 4.48. The molecule has 22 heavy (non-hydrogen) atoms. The van der Waals surface area contributed by atoms with Crippen LogP contribution in [0.2, 0.25) is 0 Å². The van der Waals surface area contributed by atoms with Crippen molar-refractivity contribution in [3.05, 3.63) is 75.8 Å². The molecule has 112 valence electrons. The molecule has 0 bridgehead atoms. The minimum atomic E-state index is -0.461. The highest BCUT2D eigenvalue weighted by Gasteiger charge is 2.09. The van der Waals surface area contributed by atoms with Crippen LogP contribution in [0.4, 0.5) is 5.69 Å². The van der Waals surface area contributed by atoms with Crippen LogP contribution in [-0.2, 0) is 0 Å². The number of nitrogens with zero attached hydrogens (tertiary/aromatic N) is 1. The molecule has 2 aromatic rings. The number of non-ortho nitro benzene ring substituents is 1. The Morgan fingerprint density at radius 1 is 1.18 bits per heavy atom. The molecule has 0 saturated carbocycles. The summed E-state index contributed by atoms with van der Waals surface area (Å²) in [6.07, 6.45) is 3.05. The number of allylic oxidation sites excluding steroid dienone is 1. The third-order valence-electron chi connectivity index (χ3n) is 2.98. The molecule has 0 aliphatic heterocycles. The van der Waals surface area contributed by atoms with E-state index in [4.69, 9.17) is 4.74 Å². The van der Waals surface area contributed by atoms with Crippen LogP contribution in [0.1, 0.15) is 22.8 Å². The lowest BCUT2D eigenvalue weighted by Gasteiger charge is -2.06. The Morgan fingerprint density at radius 2 is 1.86 bits per heavy atom. The maximum Gasteiger partial charge on any atom is 0.269 e. The van der Waals surface area contributed by atoms with Gasteiger partial charge >= 0.3 is 0 Å². The zero-order valence-electron chi connectivity index (χ0n) is 12.1. The molecule has 0 N–H and O–H groups in total. The monoisotopic (exact) mass is 297 g/mol. The van der Waals surface area contributed by atoms with Crippen molar-refractivity contribution in [2.24, 2.45) is 0 Å². The Kier molecular flexibility index (Phi) is 5.03. The summed E-state index contributed by atoms with van der Waals surface area (Å²) in [7, 11) is 0.